The van der Waals surface area contributed by atoms with Crippen LogP contribution in [0.25, 0.3) is 0 Å². The average molecular weight is 354 g/mol. The molecule has 1 unspecified atom stereocenters. The van der Waals surface area contributed by atoms with E-state index in [1.165, 1.54) is 16.8 Å². The molecule has 3 N–H and O–H groups in total. The highest BCUT2D eigenvalue weighted by Crippen LogP contribution is 2.33. The second-order valence-corrected chi connectivity index (χ2v) is 5.14. The molecule has 0 amide bonds. The highest BCUT2D eigenvalue weighted by atomic mass is 127. The van der Waals surface area contributed by atoms with Crippen LogP contribution in [0.2, 0.25) is 0 Å². The van der Waals surface area contributed by atoms with Gasteiger partial charge in [-0.25, -0.2) is 4.79 Å². The molecule has 2 heterocycles. The number of aromatic amines is 1. The zero-order valence-corrected chi connectivity index (χ0v) is 10.8. The van der Waals surface area contributed by atoms with Crippen LogP contribution >= 0.6 is 22.6 Å². The fourth-order valence-corrected chi connectivity index (χ4v) is 2.69. The SMILES string of the molecule is O=c1ccn([C@@H]2O[C@H](CO)[C@@H](O)C2I)c(=O)[nH]1. The van der Waals surface area contributed by atoms with E-state index in [0.29, 0.717) is 0 Å². The summed E-state index contributed by atoms with van der Waals surface area (Å²) in [5.41, 5.74) is -1.09. The van der Waals surface area contributed by atoms with E-state index in [1.54, 1.807) is 0 Å². The van der Waals surface area contributed by atoms with Gasteiger partial charge >= 0.3 is 5.69 Å². The lowest BCUT2D eigenvalue weighted by Gasteiger charge is -2.16. The summed E-state index contributed by atoms with van der Waals surface area (Å²) >= 11 is 1.95. The minimum Gasteiger partial charge on any atom is -0.394 e. The van der Waals surface area contributed by atoms with E-state index >= 15 is 0 Å². The second-order valence-electron chi connectivity index (χ2n) is 3.70. The number of nitrogens with one attached hydrogen (secondary N) is 1. The molecule has 1 fully saturated rings. The third kappa shape index (κ3) is 2.30. The topological polar surface area (TPSA) is 105 Å². The monoisotopic (exact) mass is 354 g/mol. The van der Waals surface area contributed by atoms with Crippen molar-refractivity contribution in [3.63, 3.8) is 0 Å². The first-order chi connectivity index (χ1) is 8.04. The van der Waals surface area contributed by atoms with Gasteiger partial charge in [-0.2, -0.15) is 0 Å². The maximum absolute atomic E-state index is 11.6. The fraction of sp³-hybridized carbons (Fsp3) is 0.556. The van der Waals surface area contributed by atoms with Crippen LogP contribution in [0, 0.1) is 0 Å². The van der Waals surface area contributed by atoms with Gasteiger partial charge in [0.05, 0.1) is 16.6 Å². The number of aromatic nitrogens is 2. The minimum absolute atomic E-state index is 0.324. The Hall–Kier alpha value is -0.710. The van der Waals surface area contributed by atoms with Crippen molar-refractivity contribution in [2.45, 2.75) is 22.4 Å². The third-order valence-electron chi connectivity index (χ3n) is 2.60. The molecule has 4 atom stereocenters. The van der Waals surface area contributed by atoms with Gasteiger partial charge in [0.1, 0.15) is 6.10 Å². The van der Waals surface area contributed by atoms with Crippen LogP contribution in [0.15, 0.2) is 21.9 Å². The van der Waals surface area contributed by atoms with E-state index < -0.39 is 29.7 Å². The Morgan fingerprint density at radius 2 is 2.24 bits per heavy atom. The number of hydrogen-bond acceptors (Lipinski definition) is 5. The Kier molecular flexibility index (Phi) is 3.66. The van der Waals surface area contributed by atoms with E-state index in [9.17, 15) is 14.7 Å². The first-order valence-corrected chi connectivity index (χ1v) is 6.19. The van der Waals surface area contributed by atoms with Gasteiger partial charge in [0.2, 0.25) is 0 Å². The highest BCUT2D eigenvalue weighted by Gasteiger charge is 2.43. The van der Waals surface area contributed by atoms with Crippen molar-refractivity contribution in [3.05, 3.63) is 33.1 Å². The number of rotatable bonds is 2. The lowest BCUT2D eigenvalue weighted by Crippen LogP contribution is -2.35. The van der Waals surface area contributed by atoms with Crippen LogP contribution in [0.5, 0.6) is 0 Å². The lowest BCUT2D eigenvalue weighted by molar-refractivity contribution is -0.0456. The summed E-state index contributed by atoms with van der Waals surface area (Å²) in [6, 6.07) is 1.20. The molecule has 0 aliphatic carbocycles. The Morgan fingerprint density at radius 3 is 2.76 bits per heavy atom. The molecule has 0 bridgehead atoms. The smallest absolute Gasteiger partial charge is 0.330 e. The summed E-state index contributed by atoms with van der Waals surface area (Å²) < 4.78 is 6.19. The van der Waals surface area contributed by atoms with Crippen molar-refractivity contribution < 1.29 is 14.9 Å². The number of aliphatic hydroxyl groups excluding tert-OH is 2. The molecule has 2 rings (SSSR count). The molecule has 7 nitrogen and oxygen atoms in total. The minimum atomic E-state index is -0.857. The molecule has 0 radical (unpaired) electrons. The molecule has 0 spiro atoms. The molecule has 8 heteroatoms. The molecule has 1 aromatic rings. The van der Waals surface area contributed by atoms with Crippen molar-refractivity contribution in [2.24, 2.45) is 0 Å². The number of halogens is 1. The number of hydrogen-bond donors (Lipinski definition) is 3. The summed E-state index contributed by atoms with van der Waals surface area (Å²) in [6.45, 7) is -0.324. The molecule has 1 aromatic heterocycles. The standard InChI is InChI=1S/C9H11IN2O5/c10-6-7(15)4(3-13)17-8(6)12-2-1-5(14)11-9(12)16/h1-2,4,6-8,13,15H,3H2,(H,11,14,16)/t4-,6?,7-,8-/m1/s1. The second kappa shape index (κ2) is 4.88. The van der Waals surface area contributed by atoms with E-state index in [1.807, 2.05) is 22.6 Å². The van der Waals surface area contributed by atoms with Crippen molar-refractivity contribution in [2.75, 3.05) is 6.61 Å². The largest absolute Gasteiger partial charge is 0.394 e. The molecule has 0 saturated carbocycles. The molecule has 1 aliphatic rings. The molecule has 1 aliphatic heterocycles. The van der Waals surface area contributed by atoms with E-state index in [2.05, 4.69) is 4.98 Å². The number of aliphatic hydroxyl groups is 2. The Bertz CT molecular complexity index is 513. The quantitative estimate of drug-likeness (QED) is 0.447. The predicted molar refractivity (Wildman–Crippen MR) is 66.1 cm³/mol. The van der Waals surface area contributed by atoms with Gasteiger partial charge in [-0.05, 0) is 0 Å². The first-order valence-electron chi connectivity index (χ1n) is 4.94. The Morgan fingerprint density at radius 1 is 1.53 bits per heavy atom. The maximum atomic E-state index is 11.6. The summed E-state index contributed by atoms with van der Waals surface area (Å²) in [6.07, 6.45) is -0.971. The molecule has 0 aromatic carbocycles. The number of ether oxygens (including phenoxy) is 1. The molecule has 1 saturated heterocycles. The molecule has 94 valence electrons. The lowest BCUT2D eigenvalue weighted by atomic mass is 10.2. The summed E-state index contributed by atoms with van der Waals surface area (Å²) in [7, 11) is 0. The van der Waals surface area contributed by atoms with Crippen LogP contribution < -0.4 is 11.2 Å². The maximum Gasteiger partial charge on any atom is 0.330 e. The first kappa shape index (κ1) is 12.7. The van der Waals surface area contributed by atoms with E-state index in [4.69, 9.17) is 9.84 Å². The Labute approximate surface area is 109 Å². The van der Waals surface area contributed by atoms with Crippen LogP contribution in [-0.4, -0.2) is 42.5 Å². The average Bonchev–Trinajstić information content (AvgIpc) is 2.57. The van der Waals surface area contributed by atoms with E-state index in [0.717, 1.165) is 0 Å². The van der Waals surface area contributed by atoms with Crippen LogP contribution in [0.4, 0.5) is 0 Å². The van der Waals surface area contributed by atoms with Crippen LogP contribution in [0.1, 0.15) is 6.23 Å². The zero-order chi connectivity index (χ0) is 12.6. The number of alkyl halides is 1. The number of H-pyrrole nitrogens is 1. The van der Waals surface area contributed by atoms with Crippen molar-refractivity contribution >= 4 is 22.6 Å². The van der Waals surface area contributed by atoms with Gasteiger partial charge in [-0.15, -0.1) is 0 Å². The van der Waals surface area contributed by atoms with E-state index in [-0.39, 0.29) is 10.5 Å². The Balaban J connectivity index is 2.35. The van der Waals surface area contributed by atoms with Crippen molar-refractivity contribution in [1.29, 1.82) is 0 Å². The molecule has 17 heavy (non-hydrogen) atoms. The van der Waals surface area contributed by atoms with Gasteiger partial charge in [0, 0.05) is 12.3 Å². The number of nitrogens with zero attached hydrogens (tertiary/aromatic N) is 1. The normalized spacial score (nSPS) is 32.9. The van der Waals surface area contributed by atoms with Gasteiger partial charge in [-0.1, -0.05) is 22.6 Å². The zero-order valence-electron chi connectivity index (χ0n) is 8.62. The summed E-state index contributed by atoms with van der Waals surface area (Å²) in [5.74, 6) is 0. The summed E-state index contributed by atoms with van der Waals surface area (Å²) in [4.78, 5) is 24.6. The molecular weight excluding hydrogens is 343 g/mol. The van der Waals surface area contributed by atoms with Gasteiger partial charge in [0.25, 0.3) is 5.56 Å². The van der Waals surface area contributed by atoms with Crippen molar-refractivity contribution in [1.82, 2.24) is 9.55 Å². The van der Waals surface area contributed by atoms with Gasteiger partial charge in [0.15, 0.2) is 6.23 Å². The van der Waals surface area contributed by atoms with Crippen molar-refractivity contribution in [3.8, 4) is 0 Å². The van der Waals surface area contributed by atoms with Crippen LogP contribution in [0.3, 0.4) is 0 Å². The highest BCUT2D eigenvalue weighted by molar-refractivity contribution is 14.1. The predicted octanol–water partition coefficient (Wildman–Crippen LogP) is -1.41. The third-order valence-corrected chi connectivity index (χ3v) is 3.95. The van der Waals surface area contributed by atoms with Crippen LogP contribution in [-0.2, 0) is 4.74 Å². The van der Waals surface area contributed by atoms with Gasteiger partial charge in [-0.3, -0.25) is 14.3 Å². The molecular formula is C9H11IN2O5. The summed E-state index contributed by atoms with van der Waals surface area (Å²) in [5, 5.41) is 18.8. The van der Waals surface area contributed by atoms with Gasteiger partial charge < -0.3 is 14.9 Å². The fourth-order valence-electron chi connectivity index (χ4n) is 1.71.